The number of nitrogens with zero attached hydrogens (tertiary/aromatic N) is 3. The number of fused-ring (bicyclic) bond motifs is 1. The number of aromatic nitrogens is 1. The highest BCUT2D eigenvalue weighted by atomic mass is 32.2. The summed E-state index contributed by atoms with van der Waals surface area (Å²) in [5.74, 6) is -0.718. The number of hydrogen-bond acceptors (Lipinski definition) is 9. The van der Waals surface area contributed by atoms with Gasteiger partial charge in [-0.05, 0) is 79.6 Å². The molecule has 0 spiro atoms. The monoisotopic (exact) mass is 719 g/mol. The molecule has 3 amide bonds. The summed E-state index contributed by atoms with van der Waals surface area (Å²) in [5.41, 5.74) is 9.10. The second kappa shape index (κ2) is 14.6. The summed E-state index contributed by atoms with van der Waals surface area (Å²) in [5, 5.41) is 3.57. The third kappa shape index (κ3) is 7.35. The molecule has 5 aromatic rings. The van der Waals surface area contributed by atoms with Crippen LogP contribution in [0, 0.1) is 6.92 Å². The molecule has 0 radical (unpaired) electrons. The molecule has 3 N–H and O–H groups in total. The zero-order valence-electron chi connectivity index (χ0n) is 28.9. The number of anilines is 2. The number of amides is 3. The van der Waals surface area contributed by atoms with Crippen LogP contribution in [0.2, 0.25) is 0 Å². The molecule has 1 aliphatic rings. The van der Waals surface area contributed by atoms with Gasteiger partial charge < -0.3 is 25.6 Å². The Bertz CT molecular complexity index is 2350. The van der Waals surface area contributed by atoms with Gasteiger partial charge in [-0.25, -0.2) is 8.42 Å². The Morgan fingerprint density at radius 3 is 2.10 bits per heavy atom. The number of primary amides is 1. The highest BCUT2D eigenvalue weighted by Crippen LogP contribution is 2.35. The maximum atomic E-state index is 14.2. The van der Waals surface area contributed by atoms with E-state index in [0.29, 0.717) is 46.6 Å². The molecule has 2 heterocycles. The van der Waals surface area contributed by atoms with Crippen molar-refractivity contribution in [1.29, 1.82) is 0 Å². The predicted octanol–water partition coefficient (Wildman–Crippen LogP) is 4.96. The number of methoxy groups -OCH3 is 1. The van der Waals surface area contributed by atoms with Crippen molar-refractivity contribution in [1.82, 2.24) is 14.8 Å². The molecule has 266 valence electrons. The number of piperazine rings is 1. The zero-order chi connectivity index (χ0) is 37.2. The Morgan fingerprint density at radius 2 is 1.46 bits per heavy atom. The van der Waals surface area contributed by atoms with Crippen LogP contribution in [-0.2, 0) is 21.1 Å². The van der Waals surface area contributed by atoms with E-state index in [1.54, 1.807) is 71.3 Å². The number of hydrogen-bond donors (Lipinski definition) is 2. The molecule has 0 saturated carbocycles. The van der Waals surface area contributed by atoms with Crippen molar-refractivity contribution in [3.8, 4) is 5.75 Å². The fraction of sp³-hybridized carbons (Fsp3) is 0.205. The number of carbonyl (C=O) groups is 4. The largest absolute Gasteiger partial charge is 0.497 e. The summed E-state index contributed by atoms with van der Waals surface area (Å²) >= 11 is 0. The van der Waals surface area contributed by atoms with Gasteiger partial charge in [-0.1, -0.05) is 24.3 Å². The number of ketones is 1. The normalized spacial score (nSPS) is 13.1. The minimum absolute atomic E-state index is 0.00371. The first kappa shape index (κ1) is 35.7. The first-order chi connectivity index (χ1) is 24.8. The van der Waals surface area contributed by atoms with Crippen LogP contribution in [0.5, 0.6) is 5.75 Å². The molecular weight excluding hydrogens is 683 g/mol. The Labute approximate surface area is 301 Å². The fourth-order valence-corrected chi connectivity index (χ4v) is 7.70. The molecule has 52 heavy (non-hydrogen) atoms. The topological polar surface area (TPSA) is 169 Å². The van der Waals surface area contributed by atoms with Crippen LogP contribution in [0.1, 0.15) is 49.1 Å². The number of benzene rings is 4. The summed E-state index contributed by atoms with van der Waals surface area (Å²) in [6, 6.07) is 22.8. The van der Waals surface area contributed by atoms with E-state index in [4.69, 9.17) is 10.5 Å². The van der Waals surface area contributed by atoms with Gasteiger partial charge in [0.1, 0.15) is 11.5 Å². The van der Waals surface area contributed by atoms with E-state index in [1.165, 1.54) is 50.6 Å². The highest BCUT2D eigenvalue weighted by Gasteiger charge is 2.28. The number of ether oxygens (including phenoxy) is 1. The maximum absolute atomic E-state index is 14.2. The number of nitrogens with one attached hydrogen (secondary N) is 1. The Hall–Kier alpha value is -6.08. The summed E-state index contributed by atoms with van der Waals surface area (Å²) in [4.78, 5) is 58.4. The van der Waals surface area contributed by atoms with Crippen LogP contribution in [0.3, 0.4) is 0 Å². The van der Waals surface area contributed by atoms with E-state index >= 15 is 0 Å². The van der Waals surface area contributed by atoms with Crippen molar-refractivity contribution in [3.63, 3.8) is 0 Å². The lowest BCUT2D eigenvalue weighted by molar-refractivity contribution is -0.116. The second-order valence-corrected chi connectivity index (χ2v) is 14.5. The molecule has 0 bridgehead atoms. The molecule has 4 aromatic carbocycles. The van der Waals surface area contributed by atoms with Crippen molar-refractivity contribution in [3.05, 3.63) is 119 Å². The molecule has 12 nitrogen and oxygen atoms in total. The first-order valence-electron chi connectivity index (χ1n) is 16.5. The Balaban J connectivity index is 1.25. The first-order valence-corrected chi connectivity index (χ1v) is 18.0. The van der Waals surface area contributed by atoms with Crippen LogP contribution in [-0.4, -0.2) is 80.0 Å². The molecule has 0 atom stereocenters. The van der Waals surface area contributed by atoms with Crippen molar-refractivity contribution >= 4 is 55.6 Å². The van der Waals surface area contributed by atoms with Crippen LogP contribution >= 0.6 is 0 Å². The average Bonchev–Trinajstić information content (AvgIpc) is 3.14. The van der Waals surface area contributed by atoms with Gasteiger partial charge >= 0.3 is 0 Å². The van der Waals surface area contributed by atoms with E-state index in [-0.39, 0.29) is 63.7 Å². The standard InChI is InChI=1S/C39H37N5O7S/c1-24-17-32(22-33-35(24)41-23-34(37(40)46)36(33)42-29-10-6-11-30(21-29)51-3)52(49,50)31-12-5-9-28(20-31)39(48)44-15-13-43(14-16-44)38(47)27-8-4-7-26(19-27)18-25(2)45/h4-12,17,19-23H,13-16,18H2,1-3H3,(H2,40,46)(H,41,42). The number of pyridine rings is 1. The van der Waals surface area contributed by atoms with Gasteiger partial charge in [-0.3, -0.25) is 24.2 Å². The number of nitrogens with two attached hydrogens (primary N) is 1. The zero-order valence-corrected chi connectivity index (χ0v) is 29.7. The maximum Gasteiger partial charge on any atom is 0.254 e. The molecule has 1 aliphatic heterocycles. The minimum atomic E-state index is -4.17. The summed E-state index contributed by atoms with van der Waals surface area (Å²) < 4.78 is 33.6. The molecular formula is C39H37N5O7S. The van der Waals surface area contributed by atoms with Crippen LogP contribution in [0.25, 0.3) is 10.9 Å². The number of rotatable bonds is 10. The summed E-state index contributed by atoms with van der Waals surface area (Å²) in [6.45, 7) is 4.33. The van der Waals surface area contributed by atoms with Crippen molar-refractivity contribution < 1.29 is 32.3 Å². The lowest BCUT2D eigenvalue weighted by Gasteiger charge is -2.35. The van der Waals surface area contributed by atoms with Gasteiger partial charge in [0.15, 0.2) is 0 Å². The van der Waals surface area contributed by atoms with Crippen LogP contribution in [0.4, 0.5) is 11.4 Å². The highest BCUT2D eigenvalue weighted by molar-refractivity contribution is 7.91. The molecule has 1 fully saturated rings. The third-order valence-corrected chi connectivity index (χ3v) is 10.7. The minimum Gasteiger partial charge on any atom is -0.497 e. The summed E-state index contributed by atoms with van der Waals surface area (Å²) in [6.07, 6.45) is 1.60. The van der Waals surface area contributed by atoms with Crippen molar-refractivity contribution in [2.75, 3.05) is 38.6 Å². The van der Waals surface area contributed by atoms with E-state index < -0.39 is 15.7 Å². The van der Waals surface area contributed by atoms with E-state index in [1.807, 2.05) is 0 Å². The lowest BCUT2D eigenvalue weighted by atomic mass is 10.1. The fourth-order valence-electron chi connectivity index (χ4n) is 6.28. The smallest absolute Gasteiger partial charge is 0.254 e. The molecule has 0 unspecified atom stereocenters. The van der Waals surface area contributed by atoms with Crippen molar-refractivity contribution in [2.24, 2.45) is 5.73 Å². The quantitative estimate of drug-likeness (QED) is 0.203. The predicted molar refractivity (Wildman–Crippen MR) is 196 cm³/mol. The lowest BCUT2D eigenvalue weighted by Crippen LogP contribution is -2.50. The number of Topliss-reactive ketones (excluding diaryl/α,β-unsaturated/α-hetero) is 1. The van der Waals surface area contributed by atoms with E-state index in [2.05, 4.69) is 10.3 Å². The summed E-state index contributed by atoms with van der Waals surface area (Å²) in [7, 11) is -2.64. The number of sulfone groups is 1. The van der Waals surface area contributed by atoms with Gasteiger partial charge in [0, 0.05) is 67.1 Å². The molecule has 0 aliphatic carbocycles. The second-order valence-electron chi connectivity index (χ2n) is 12.6. The molecule has 6 rings (SSSR count). The average molecular weight is 720 g/mol. The molecule has 1 saturated heterocycles. The number of aryl methyl sites for hydroxylation is 1. The van der Waals surface area contributed by atoms with Crippen LogP contribution < -0.4 is 15.8 Å². The van der Waals surface area contributed by atoms with Crippen LogP contribution in [0.15, 0.2) is 101 Å². The van der Waals surface area contributed by atoms with Gasteiger partial charge in [0.05, 0.1) is 33.7 Å². The molecule has 13 heteroatoms. The third-order valence-electron chi connectivity index (χ3n) is 8.92. The van der Waals surface area contributed by atoms with Gasteiger partial charge in [0.25, 0.3) is 17.7 Å². The SMILES string of the molecule is COc1cccc(Nc2c(C(N)=O)cnc3c(C)cc(S(=O)(=O)c4cccc(C(=O)N5CCN(C(=O)c6cccc(CC(C)=O)c6)CC5)c4)cc23)c1. The molecule has 1 aromatic heterocycles. The van der Waals surface area contributed by atoms with E-state index in [0.717, 1.165) is 5.56 Å². The Kier molecular flexibility index (Phi) is 10.1. The van der Waals surface area contributed by atoms with Crippen molar-refractivity contribution in [2.45, 2.75) is 30.1 Å². The van der Waals surface area contributed by atoms with E-state index in [9.17, 15) is 27.6 Å². The number of carbonyl (C=O) groups excluding carboxylic acids is 4. The van der Waals surface area contributed by atoms with Gasteiger partial charge in [-0.15, -0.1) is 0 Å². The van der Waals surface area contributed by atoms with Gasteiger partial charge in [0.2, 0.25) is 9.84 Å². The van der Waals surface area contributed by atoms with Gasteiger partial charge in [-0.2, -0.15) is 0 Å². The Morgan fingerprint density at radius 1 is 0.827 bits per heavy atom.